The predicted octanol–water partition coefficient (Wildman–Crippen LogP) is 2.46. The van der Waals surface area contributed by atoms with Gasteiger partial charge in [-0.25, -0.2) is 4.39 Å². The predicted molar refractivity (Wildman–Crippen MR) is 103 cm³/mol. The molecule has 7 heteroatoms. The van der Waals surface area contributed by atoms with Gasteiger partial charge in [0.2, 0.25) is 0 Å². The van der Waals surface area contributed by atoms with Crippen molar-refractivity contribution in [2.24, 2.45) is 4.99 Å². The number of aromatic amines is 1. The number of hydrogen-bond donors (Lipinski definition) is 3. The van der Waals surface area contributed by atoms with E-state index in [4.69, 9.17) is 9.47 Å². The Morgan fingerprint density at radius 1 is 1.23 bits per heavy atom. The molecule has 0 atom stereocenters. The van der Waals surface area contributed by atoms with Crippen LogP contribution in [0.25, 0.3) is 10.9 Å². The summed E-state index contributed by atoms with van der Waals surface area (Å²) in [6.45, 7) is 6.22. The third-order valence-electron chi connectivity index (χ3n) is 3.91. The van der Waals surface area contributed by atoms with Crippen molar-refractivity contribution < 1.29 is 13.9 Å². The van der Waals surface area contributed by atoms with Crippen LogP contribution >= 0.6 is 0 Å². The van der Waals surface area contributed by atoms with Crippen LogP contribution in [0.4, 0.5) is 4.39 Å². The molecule has 2 rings (SSSR count). The van der Waals surface area contributed by atoms with E-state index >= 15 is 0 Å². The van der Waals surface area contributed by atoms with Gasteiger partial charge in [-0.1, -0.05) is 0 Å². The van der Waals surface area contributed by atoms with E-state index in [1.54, 1.807) is 7.11 Å². The van der Waals surface area contributed by atoms with Gasteiger partial charge in [0.25, 0.3) is 0 Å². The highest BCUT2D eigenvalue weighted by atomic mass is 19.1. The zero-order chi connectivity index (χ0) is 18.6. The number of halogens is 1. The number of guanidine groups is 1. The lowest BCUT2D eigenvalue weighted by Gasteiger charge is -2.11. The largest absolute Gasteiger partial charge is 0.382 e. The second-order valence-electron chi connectivity index (χ2n) is 5.90. The van der Waals surface area contributed by atoms with Crippen LogP contribution < -0.4 is 10.6 Å². The minimum absolute atomic E-state index is 0.225. The standard InChI is InChI=1S/C19H29FN4O2/c1-3-21-19(22-8-4-10-26-12-11-25-2)23-9-7-15-14-24-18-13-16(20)5-6-17(15)18/h5-6,13-14,24H,3-4,7-12H2,1-2H3,(H2,21,22,23). The number of nitrogens with zero attached hydrogens (tertiary/aromatic N) is 1. The molecule has 0 aliphatic heterocycles. The van der Waals surface area contributed by atoms with Gasteiger partial charge >= 0.3 is 0 Å². The number of methoxy groups -OCH3 is 1. The maximum atomic E-state index is 13.3. The van der Waals surface area contributed by atoms with Gasteiger partial charge in [0.05, 0.1) is 13.2 Å². The number of hydrogen-bond acceptors (Lipinski definition) is 3. The van der Waals surface area contributed by atoms with E-state index < -0.39 is 0 Å². The first kappa shape index (κ1) is 20.2. The molecule has 0 unspecified atom stereocenters. The lowest BCUT2D eigenvalue weighted by atomic mass is 10.1. The maximum absolute atomic E-state index is 13.3. The summed E-state index contributed by atoms with van der Waals surface area (Å²) in [4.78, 5) is 7.67. The van der Waals surface area contributed by atoms with Crippen molar-refractivity contribution in [1.29, 1.82) is 0 Å². The fourth-order valence-corrected chi connectivity index (χ4v) is 2.62. The van der Waals surface area contributed by atoms with Crippen LogP contribution in [0.3, 0.4) is 0 Å². The van der Waals surface area contributed by atoms with Crippen LogP contribution in [0, 0.1) is 5.82 Å². The summed E-state index contributed by atoms with van der Waals surface area (Å²) in [6.07, 6.45) is 3.64. The second kappa shape index (κ2) is 11.5. The average Bonchev–Trinajstić information content (AvgIpc) is 3.03. The van der Waals surface area contributed by atoms with E-state index in [9.17, 15) is 4.39 Å². The van der Waals surface area contributed by atoms with Crippen LogP contribution in [-0.2, 0) is 15.9 Å². The van der Waals surface area contributed by atoms with Crippen LogP contribution in [0.2, 0.25) is 0 Å². The molecular formula is C19H29FN4O2. The van der Waals surface area contributed by atoms with Gasteiger partial charge in [-0.15, -0.1) is 0 Å². The summed E-state index contributed by atoms with van der Waals surface area (Å²) in [6, 6.07) is 4.83. The monoisotopic (exact) mass is 364 g/mol. The molecule has 0 amide bonds. The number of H-pyrrole nitrogens is 1. The first-order valence-corrected chi connectivity index (χ1v) is 9.09. The normalized spacial score (nSPS) is 11.9. The molecule has 0 aliphatic carbocycles. The molecule has 2 aromatic rings. The van der Waals surface area contributed by atoms with E-state index in [0.29, 0.717) is 26.4 Å². The Kier molecular flexibility index (Phi) is 8.92. The number of aromatic nitrogens is 1. The van der Waals surface area contributed by atoms with Crippen LogP contribution in [0.5, 0.6) is 0 Å². The first-order chi connectivity index (χ1) is 12.7. The van der Waals surface area contributed by atoms with Crippen molar-refractivity contribution in [2.75, 3.05) is 46.6 Å². The van der Waals surface area contributed by atoms with Gasteiger partial charge in [-0.2, -0.15) is 0 Å². The molecule has 3 N–H and O–H groups in total. The van der Waals surface area contributed by atoms with Gasteiger partial charge in [-0.05, 0) is 43.5 Å². The maximum Gasteiger partial charge on any atom is 0.191 e. The lowest BCUT2D eigenvalue weighted by molar-refractivity contribution is 0.0702. The first-order valence-electron chi connectivity index (χ1n) is 9.09. The average molecular weight is 364 g/mol. The van der Waals surface area contributed by atoms with Crippen LogP contribution in [0.1, 0.15) is 18.9 Å². The number of ether oxygens (including phenoxy) is 2. The van der Waals surface area contributed by atoms with Crippen molar-refractivity contribution in [3.8, 4) is 0 Å². The van der Waals surface area contributed by atoms with Crippen molar-refractivity contribution in [2.45, 2.75) is 19.8 Å². The van der Waals surface area contributed by atoms with E-state index in [2.05, 4.69) is 20.6 Å². The highest BCUT2D eigenvalue weighted by Crippen LogP contribution is 2.19. The van der Waals surface area contributed by atoms with E-state index in [1.807, 2.05) is 19.2 Å². The fraction of sp³-hybridized carbons (Fsp3) is 0.526. The zero-order valence-electron chi connectivity index (χ0n) is 15.6. The quantitative estimate of drug-likeness (QED) is 0.325. The third kappa shape index (κ3) is 6.65. The van der Waals surface area contributed by atoms with Gasteiger partial charge in [0.15, 0.2) is 5.96 Å². The minimum Gasteiger partial charge on any atom is -0.382 e. The topological polar surface area (TPSA) is 70.7 Å². The highest BCUT2D eigenvalue weighted by Gasteiger charge is 2.05. The summed E-state index contributed by atoms with van der Waals surface area (Å²) in [7, 11) is 1.66. The molecule has 1 heterocycles. The molecule has 0 saturated heterocycles. The van der Waals surface area contributed by atoms with Gasteiger partial charge in [-0.3, -0.25) is 4.99 Å². The smallest absolute Gasteiger partial charge is 0.191 e. The Morgan fingerprint density at radius 2 is 2.12 bits per heavy atom. The molecule has 26 heavy (non-hydrogen) atoms. The van der Waals surface area contributed by atoms with Crippen LogP contribution in [0.15, 0.2) is 29.4 Å². The lowest BCUT2D eigenvalue weighted by Crippen LogP contribution is -2.38. The number of benzene rings is 1. The fourth-order valence-electron chi connectivity index (χ4n) is 2.62. The second-order valence-corrected chi connectivity index (χ2v) is 5.90. The summed E-state index contributed by atoms with van der Waals surface area (Å²) in [5.41, 5.74) is 1.99. The SMILES string of the molecule is CCNC(=NCCCOCCOC)NCCc1c[nH]c2cc(F)ccc12. The number of aliphatic imine (C=N–C) groups is 1. The summed E-state index contributed by atoms with van der Waals surface area (Å²) < 4.78 is 23.6. The van der Waals surface area contributed by atoms with E-state index in [1.165, 1.54) is 12.1 Å². The minimum atomic E-state index is -0.225. The summed E-state index contributed by atoms with van der Waals surface area (Å²) in [5, 5.41) is 7.63. The van der Waals surface area contributed by atoms with Crippen molar-refractivity contribution in [3.05, 3.63) is 35.8 Å². The highest BCUT2D eigenvalue weighted by molar-refractivity contribution is 5.83. The number of rotatable bonds is 11. The summed E-state index contributed by atoms with van der Waals surface area (Å²) >= 11 is 0. The van der Waals surface area contributed by atoms with Crippen molar-refractivity contribution in [1.82, 2.24) is 15.6 Å². The molecule has 0 radical (unpaired) electrons. The Bertz CT molecular complexity index is 687. The molecule has 144 valence electrons. The van der Waals surface area contributed by atoms with Gasteiger partial charge < -0.3 is 25.1 Å². The summed E-state index contributed by atoms with van der Waals surface area (Å²) in [5.74, 6) is 0.576. The molecular weight excluding hydrogens is 335 g/mol. The van der Waals surface area contributed by atoms with E-state index in [0.717, 1.165) is 48.4 Å². The Morgan fingerprint density at radius 3 is 2.92 bits per heavy atom. The molecule has 0 fully saturated rings. The molecule has 0 saturated carbocycles. The van der Waals surface area contributed by atoms with Crippen LogP contribution in [-0.4, -0.2) is 57.5 Å². The van der Waals surface area contributed by atoms with E-state index in [-0.39, 0.29) is 5.82 Å². The zero-order valence-corrected chi connectivity index (χ0v) is 15.6. The molecule has 0 spiro atoms. The molecule has 0 bridgehead atoms. The molecule has 0 aliphatic rings. The molecule has 1 aromatic heterocycles. The Balaban J connectivity index is 1.75. The molecule has 1 aromatic carbocycles. The number of nitrogens with one attached hydrogen (secondary N) is 3. The van der Waals surface area contributed by atoms with Crippen molar-refractivity contribution >= 4 is 16.9 Å². The molecule has 6 nitrogen and oxygen atoms in total. The van der Waals surface area contributed by atoms with Crippen molar-refractivity contribution in [3.63, 3.8) is 0 Å². The van der Waals surface area contributed by atoms with Gasteiger partial charge in [0, 0.05) is 50.5 Å². The Labute approximate surface area is 154 Å². The number of fused-ring (bicyclic) bond motifs is 1. The third-order valence-corrected chi connectivity index (χ3v) is 3.91. The van der Waals surface area contributed by atoms with Gasteiger partial charge in [0.1, 0.15) is 5.82 Å². The Hall–Kier alpha value is -2.12.